The maximum Gasteiger partial charge on any atom is 0.304 e. The number of nitrogen functional groups attached to an aromatic ring is 1. The van der Waals surface area contributed by atoms with Gasteiger partial charge in [0.2, 0.25) is 0 Å². The summed E-state index contributed by atoms with van der Waals surface area (Å²) >= 11 is 0. The van der Waals surface area contributed by atoms with E-state index in [4.69, 9.17) is 11.6 Å². The molecule has 3 aromatic carbocycles. The molecule has 1 heterocycles. The Morgan fingerprint density at radius 3 is 2.54 bits per heavy atom. The molecular weight excluding hydrogens is 470 g/mol. The number of hydrogen-bond acceptors (Lipinski definition) is 7. The highest BCUT2D eigenvalue weighted by atomic mass is 16.5. The Bertz CT molecular complexity index is 1310. The van der Waals surface area contributed by atoms with Crippen molar-refractivity contribution >= 4 is 28.9 Å². The number of hydrazine groups is 1. The molecule has 0 saturated heterocycles. The number of hydrogen-bond donors (Lipinski definition) is 5. The Kier molecular flexibility index (Phi) is 7.66. The molecule has 3 aromatic rings. The highest BCUT2D eigenvalue weighted by Crippen LogP contribution is 2.39. The second kappa shape index (κ2) is 10.9. The lowest BCUT2D eigenvalue weighted by molar-refractivity contribution is -0.137. The van der Waals surface area contributed by atoms with Crippen molar-refractivity contribution in [3.63, 3.8) is 0 Å². The summed E-state index contributed by atoms with van der Waals surface area (Å²) in [6.07, 6.45) is 0.390. The number of fused-ring (bicyclic) bond motifs is 1. The van der Waals surface area contributed by atoms with E-state index in [-0.39, 0.29) is 12.3 Å². The van der Waals surface area contributed by atoms with Gasteiger partial charge in [-0.25, -0.2) is 5.84 Å². The largest absolute Gasteiger partial charge is 0.481 e. The van der Waals surface area contributed by atoms with E-state index in [0.717, 1.165) is 22.3 Å². The number of nitrogens with one attached hydrogen (secondary N) is 1. The number of aliphatic carboxylic acids is 1. The zero-order valence-electron chi connectivity index (χ0n) is 21.1. The molecule has 1 amide bonds. The number of carboxylic acid groups (broad SMARTS) is 1. The third kappa shape index (κ3) is 5.23. The van der Waals surface area contributed by atoms with Gasteiger partial charge in [0.1, 0.15) is 0 Å². The van der Waals surface area contributed by atoms with Gasteiger partial charge >= 0.3 is 5.97 Å². The molecule has 9 heteroatoms. The summed E-state index contributed by atoms with van der Waals surface area (Å²) in [5.74, 6) is 4.51. The quantitative estimate of drug-likeness (QED) is 0.177. The van der Waals surface area contributed by atoms with E-state index >= 15 is 0 Å². The molecule has 1 aliphatic heterocycles. The van der Waals surface area contributed by atoms with Gasteiger partial charge in [0, 0.05) is 31.1 Å². The number of benzene rings is 3. The molecular formula is C28H33N5O4. The van der Waals surface area contributed by atoms with Crippen LogP contribution in [0, 0.1) is 6.92 Å². The molecule has 9 nitrogen and oxygen atoms in total. The summed E-state index contributed by atoms with van der Waals surface area (Å²) < 4.78 is 0. The summed E-state index contributed by atoms with van der Waals surface area (Å²) in [5.41, 5.74) is 15.0. The molecule has 194 valence electrons. The molecule has 0 aliphatic carbocycles. The number of carbonyl (C=O) groups is 2. The van der Waals surface area contributed by atoms with Crippen LogP contribution in [-0.2, 0) is 17.8 Å². The number of nitrogens with two attached hydrogens (primary N) is 2. The first-order chi connectivity index (χ1) is 17.7. The van der Waals surface area contributed by atoms with E-state index in [0.29, 0.717) is 54.2 Å². The number of rotatable bonds is 8. The predicted molar refractivity (Wildman–Crippen MR) is 144 cm³/mol. The molecule has 0 fully saturated rings. The van der Waals surface area contributed by atoms with Crippen LogP contribution in [0.1, 0.15) is 57.4 Å². The van der Waals surface area contributed by atoms with Crippen molar-refractivity contribution in [1.82, 2.24) is 4.90 Å². The molecule has 1 aliphatic rings. The molecule has 7 N–H and O–H groups in total. The first-order valence-corrected chi connectivity index (χ1v) is 12.3. The lowest BCUT2D eigenvalue weighted by Gasteiger charge is -2.32. The Balaban J connectivity index is 1.76. The van der Waals surface area contributed by atoms with E-state index in [9.17, 15) is 19.9 Å². The van der Waals surface area contributed by atoms with Gasteiger partial charge in [-0.15, -0.1) is 0 Å². The molecule has 1 atom stereocenters. The molecule has 0 radical (unpaired) electrons. The Morgan fingerprint density at radius 1 is 1.16 bits per heavy atom. The minimum absolute atomic E-state index is 0.0706. The van der Waals surface area contributed by atoms with Crippen LogP contribution in [-0.4, -0.2) is 40.2 Å². The van der Waals surface area contributed by atoms with Gasteiger partial charge < -0.3 is 20.7 Å². The topological polar surface area (TPSA) is 145 Å². The molecule has 0 aromatic heterocycles. The minimum atomic E-state index is -0.960. The van der Waals surface area contributed by atoms with Gasteiger partial charge in [-0.3, -0.25) is 20.3 Å². The van der Waals surface area contributed by atoms with Crippen molar-refractivity contribution < 1.29 is 19.9 Å². The van der Waals surface area contributed by atoms with E-state index < -0.39 is 11.9 Å². The standard InChI is InChI=1S/C28H33N5O4/c1-3-33(30)25-10-9-21(17(2)27(25)29)23(15-26(34)35)19-13-20-16-32(12-11-22(20)24(14-19)31-37)28(36)18-7-5-4-6-8-18/h4-10,13-14,23,31,37H,3,11-12,15-16,29-30H2,1-2H3,(H,34,35). The first-order valence-electron chi connectivity index (χ1n) is 12.3. The van der Waals surface area contributed by atoms with Crippen molar-refractivity contribution in [3.05, 3.63) is 88.0 Å². The van der Waals surface area contributed by atoms with E-state index in [1.807, 2.05) is 44.2 Å². The van der Waals surface area contributed by atoms with Crippen LogP contribution in [0.25, 0.3) is 0 Å². The molecule has 4 rings (SSSR count). The maximum absolute atomic E-state index is 13.1. The summed E-state index contributed by atoms with van der Waals surface area (Å²) in [6.45, 7) is 5.20. The van der Waals surface area contributed by atoms with Gasteiger partial charge in [0.05, 0.1) is 23.5 Å². The Hall–Kier alpha value is -4.08. The smallest absolute Gasteiger partial charge is 0.304 e. The summed E-state index contributed by atoms with van der Waals surface area (Å²) in [4.78, 5) is 26.8. The Labute approximate surface area is 216 Å². The van der Waals surface area contributed by atoms with E-state index in [1.165, 1.54) is 0 Å². The minimum Gasteiger partial charge on any atom is -0.481 e. The highest BCUT2D eigenvalue weighted by Gasteiger charge is 2.28. The van der Waals surface area contributed by atoms with Crippen molar-refractivity contribution in [1.29, 1.82) is 0 Å². The maximum atomic E-state index is 13.1. The van der Waals surface area contributed by atoms with Crippen LogP contribution < -0.4 is 22.1 Å². The predicted octanol–water partition coefficient (Wildman–Crippen LogP) is 3.88. The molecule has 37 heavy (non-hydrogen) atoms. The third-order valence-electron chi connectivity index (χ3n) is 7.13. The monoisotopic (exact) mass is 503 g/mol. The SMILES string of the molecule is CCN(N)c1ccc(C(CC(=O)O)c2cc3c(c(NO)c2)CCN(C(=O)c2ccccc2)C3)c(C)c1N. The second-order valence-corrected chi connectivity index (χ2v) is 9.31. The van der Waals surface area contributed by atoms with Crippen molar-refractivity contribution in [2.24, 2.45) is 5.84 Å². The average molecular weight is 504 g/mol. The van der Waals surface area contributed by atoms with Crippen LogP contribution in [0.4, 0.5) is 17.1 Å². The number of carbonyl (C=O) groups excluding carboxylic acids is 1. The average Bonchev–Trinajstić information content (AvgIpc) is 2.92. The fraction of sp³-hybridized carbons (Fsp3) is 0.286. The van der Waals surface area contributed by atoms with Crippen LogP contribution in [0.15, 0.2) is 54.6 Å². The molecule has 0 bridgehead atoms. The van der Waals surface area contributed by atoms with Gasteiger partial charge in [0.15, 0.2) is 0 Å². The number of anilines is 3. The molecule has 1 unspecified atom stereocenters. The van der Waals surface area contributed by atoms with Crippen LogP contribution in [0.3, 0.4) is 0 Å². The number of carboxylic acids is 1. The van der Waals surface area contributed by atoms with Crippen molar-refractivity contribution in [3.8, 4) is 0 Å². The summed E-state index contributed by atoms with van der Waals surface area (Å²) in [5, 5.41) is 21.3. The van der Waals surface area contributed by atoms with Gasteiger partial charge in [-0.1, -0.05) is 30.3 Å². The third-order valence-corrected chi connectivity index (χ3v) is 7.13. The van der Waals surface area contributed by atoms with Gasteiger partial charge in [0.25, 0.3) is 5.91 Å². The molecule has 0 saturated carbocycles. The van der Waals surface area contributed by atoms with Gasteiger partial charge in [-0.05, 0) is 72.4 Å². The lowest BCUT2D eigenvalue weighted by Crippen LogP contribution is -2.36. The summed E-state index contributed by atoms with van der Waals surface area (Å²) in [7, 11) is 0. The first kappa shape index (κ1) is 26.0. The highest BCUT2D eigenvalue weighted by molar-refractivity contribution is 5.94. The number of nitrogens with zero attached hydrogens (tertiary/aromatic N) is 2. The normalized spacial score (nSPS) is 13.6. The van der Waals surface area contributed by atoms with Gasteiger partial charge in [-0.2, -0.15) is 0 Å². The van der Waals surface area contributed by atoms with Crippen molar-refractivity contribution in [2.75, 3.05) is 29.3 Å². The fourth-order valence-electron chi connectivity index (χ4n) is 5.07. The number of amides is 1. The van der Waals surface area contributed by atoms with Crippen LogP contribution in [0.5, 0.6) is 0 Å². The zero-order valence-corrected chi connectivity index (χ0v) is 21.1. The zero-order chi connectivity index (χ0) is 26.7. The van der Waals surface area contributed by atoms with E-state index in [2.05, 4.69) is 5.48 Å². The summed E-state index contributed by atoms with van der Waals surface area (Å²) in [6, 6.07) is 16.5. The van der Waals surface area contributed by atoms with Crippen molar-refractivity contribution in [2.45, 2.75) is 39.2 Å². The molecule has 0 spiro atoms. The fourth-order valence-corrected chi connectivity index (χ4v) is 5.07. The second-order valence-electron chi connectivity index (χ2n) is 9.31. The van der Waals surface area contributed by atoms with Crippen LogP contribution in [0.2, 0.25) is 0 Å². The Morgan fingerprint density at radius 2 is 1.89 bits per heavy atom. The lowest BCUT2D eigenvalue weighted by atomic mass is 9.82. The van der Waals surface area contributed by atoms with Crippen LogP contribution >= 0.6 is 0 Å². The van der Waals surface area contributed by atoms with E-state index in [1.54, 1.807) is 34.2 Å².